The molecule has 0 amide bonds. The van der Waals surface area contributed by atoms with Crippen molar-refractivity contribution in [3.05, 3.63) is 53.9 Å². The number of aryl methyl sites for hydroxylation is 1. The normalized spacial score (nSPS) is 11.7. The predicted octanol–water partition coefficient (Wildman–Crippen LogP) is 1.30. The first-order valence-corrected chi connectivity index (χ1v) is 9.19. The number of nitrogens with one attached hydrogen (secondary N) is 1. The highest BCUT2D eigenvalue weighted by molar-refractivity contribution is 7.18. The largest absolute Gasteiger partial charge is 0.383 e. The second kappa shape index (κ2) is 7.08. The minimum Gasteiger partial charge on any atom is -0.383 e. The van der Waals surface area contributed by atoms with E-state index in [9.17, 15) is 14.4 Å². The number of hydrogen-bond acceptors (Lipinski definition) is 5. The van der Waals surface area contributed by atoms with Gasteiger partial charge in [-0.2, -0.15) is 0 Å². The van der Waals surface area contributed by atoms with Gasteiger partial charge in [0.15, 0.2) is 0 Å². The van der Waals surface area contributed by atoms with E-state index in [1.54, 1.807) is 17.9 Å². The zero-order chi connectivity index (χ0) is 19.0. The number of fused-ring (bicyclic) bond motifs is 1. The van der Waals surface area contributed by atoms with Crippen molar-refractivity contribution in [2.75, 3.05) is 13.7 Å². The fraction of sp³-hybridized carbons (Fsp3) is 0.471. The first-order chi connectivity index (χ1) is 12.4. The zero-order valence-electron chi connectivity index (χ0n) is 15.2. The molecule has 140 valence electrons. The smallest absolute Gasteiger partial charge is 0.332 e. The molecule has 0 atom stereocenters. The molecule has 0 unspecified atom stereocenters. The molecule has 0 aliphatic rings. The van der Waals surface area contributed by atoms with Gasteiger partial charge in [-0.1, -0.05) is 0 Å². The van der Waals surface area contributed by atoms with Crippen molar-refractivity contribution in [1.82, 2.24) is 18.9 Å². The second-order valence-electron chi connectivity index (χ2n) is 6.41. The lowest BCUT2D eigenvalue weighted by atomic mass is 10.2. The van der Waals surface area contributed by atoms with E-state index < -0.39 is 0 Å². The van der Waals surface area contributed by atoms with Gasteiger partial charge in [-0.25, -0.2) is 9.48 Å². The summed E-state index contributed by atoms with van der Waals surface area (Å²) < 4.78 is 9.47. The third kappa shape index (κ3) is 2.97. The maximum atomic E-state index is 13.0. The summed E-state index contributed by atoms with van der Waals surface area (Å²) in [5.41, 5.74) is 0.0437. The highest BCUT2D eigenvalue weighted by Crippen LogP contribution is 2.28. The lowest BCUT2D eigenvalue weighted by molar-refractivity contribution is 0.186. The van der Waals surface area contributed by atoms with E-state index in [4.69, 9.17) is 4.74 Å². The first-order valence-electron chi connectivity index (χ1n) is 8.37. The van der Waals surface area contributed by atoms with E-state index in [-0.39, 0.29) is 22.9 Å². The Kier molecular flexibility index (Phi) is 5.01. The average Bonchev–Trinajstić information content (AvgIpc) is 3.12. The summed E-state index contributed by atoms with van der Waals surface area (Å²) in [6.07, 6.45) is 1.57. The number of nitrogens with zero attached hydrogens (tertiary/aromatic N) is 3. The van der Waals surface area contributed by atoms with Crippen LogP contribution in [0, 0.1) is 6.92 Å². The van der Waals surface area contributed by atoms with Gasteiger partial charge in [-0.05, 0) is 26.3 Å². The van der Waals surface area contributed by atoms with E-state index in [0.29, 0.717) is 29.9 Å². The van der Waals surface area contributed by atoms with Crippen LogP contribution in [-0.2, 0) is 17.8 Å². The quantitative estimate of drug-likeness (QED) is 0.700. The summed E-state index contributed by atoms with van der Waals surface area (Å²) in [4.78, 5) is 39.1. The van der Waals surface area contributed by atoms with Crippen LogP contribution in [0.5, 0.6) is 0 Å². The Hall–Kier alpha value is -2.39. The fourth-order valence-electron chi connectivity index (χ4n) is 3.02. The van der Waals surface area contributed by atoms with Crippen molar-refractivity contribution in [2.45, 2.75) is 39.9 Å². The van der Waals surface area contributed by atoms with E-state index in [1.165, 1.54) is 26.7 Å². The van der Waals surface area contributed by atoms with Gasteiger partial charge >= 0.3 is 5.69 Å². The summed E-state index contributed by atoms with van der Waals surface area (Å²) >= 11 is 1.37. The minimum atomic E-state index is -0.334. The van der Waals surface area contributed by atoms with Crippen LogP contribution in [0.15, 0.2) is 26.6 Å². The highest BCUT2D eigenvalue weighted by atomic mass is 32.1. The predicted molar refractivity (Wildman–Crippen MR) is 101 cm³/mol. The van der Waals surface area contributed by atoms with E-state index in [2.05, 4.69) is 5.10 Å². The van der Waals surface area contributed by atoms with Crippen molar-refractivity contribution in [1.29, 1.82) is 0 Å². The number of aromatic nitrogens is 4. The van der Waals surface area contributed by atoms with Crippen LogP contribution < -0.4 is 16.8 Å². The lowest BCUT2D eigenvalue weighted by Crippen LogP contribution is -2.41. The number of aromatic amines is 1. The zero-order valence-corrected chi connectivity index (χ0v) is 16.1. The molecular weight excluding hydrogens is 356 g/mol. The van der Waals surface area contributed by atoms with Crippen LogP contribution in [-0.4, -0.2) is 32.6 Å². The molecule has 26 heavy (non-hydrogen) atoms. The van der Waals surface area contributed by atoms with Crippen molar-refractivity contribution >= 4 is 21.6 Å². The molecule has 0 aliphatic carbocycles. The monoisotopic (exact) mass is 378 g/mol. The third-order valence-corrected chi connectivity index (χ3v) is 5.70. The Labute approximate surface area is 153 Å². The van der Waals surface area contributed by atoms with Gasteiger partial charge in [0.05, 0.1) is 25.1 Å². The maximum Gasteiger partial charge on any atom is 0.332 e. The average molecular weight is 378 g/mol. The van der Waals surface area contributed by atoms with Gasteiger partial charge in [-0.3, -0.25) is 18.7 Å². The molecule has 1 N–H and O–H groups in total. The molecule has 0 saturated heterocycles. The molecule has 0 radical (unpaired) electrons. The van der Waals surface area contributed by atoms with Gasteiger partial charge in [0, 0.05) is 30.3 Å². The van der Waals surface area contributed by atoms with Crippen molar-refractivity contribution in [2.24, 2.45) is 0 Å². The molecule has 3 aromatic heterocycles. The minimum absolute atomic E-state index is 0.141. The highest BCUT2D eigenvalue weighted by Gasteiger charge is 2.21. The Bertz CT molecular complexity index is 1110. The Morgan fingerprint density at radius 1 is 1.27 bits per heavy atom. The molecule has 0 saturated carbocycles. The number of ether oxygens (including phenoxy) is 1. The Morgan fingerprint density at radius 3 is 2.58 bits per heavy atom. The molecule has 0 spiro atoms. The van der Waals surface area contributed by atoms with E-state index in [0.717, 1.165) is 10.4 Å². The summed E-state index contributed by atoms with van der Waals surface area (Å²) in [6.45, 7) is 6.55. The molecule has 8 nitrogen and oxygen atoms in total. The van der Waals surface area contributed by atoms with Gasteiger partial charge < -0.3 is 9.84 Å². The topological polar surface area (TPSA) is 91.0 Å². The van der Waals surface area contributed by atoms with Gasteiger partial charge in [0.1, 0.15) is 4.83 Å². The molecule has 0 fully saturated rings. The molecule has 0 aromatic carbocycles. The molecule has 0 aliphatic heterocycles. The van der Waals surface area contributed by atoms with Crippen molar-refractivity contribution in [3.63, 3.8) is 0 Å². The van der Waals surface area contributed by atoms with Crippen LogP contribution in [0.1, 0.15) is 30.3 Å². The Morgan fingerprint density at radius 2 is 2.00 bits per heavy atom. The van der Waals surface area contributed by atoms with Crippen LogP contribution in [0.25, 0.3) is 10.2 Å². The van der Waals surface area contributed by atoms with Crippen molar-refractivity contribution < 1.29 is 4.74 Å². The number of thiophene rings is 1. The summed E-state index contributed by atoms with van der Waals surface area (Å²) in [5.74, 6) is 0. The number of hydrogen-bond donors (Lipinski definition) is 1. The van der Waals surface area contributed by atoms with Crippen LogP contribution >= 0.6 is 11.3 Å². The van der Waals surface area contributed by atoms with Crippen molar-refractivity contribution in [3.8, 4) is 0 Å². The summed E-state index contributed by atoms with van der Waals surface area (Å²) in [7, 11) is 1.57. The van der Waals surface area contributed by atoms with E-state index in [1.807, 2.05) is 20.8 Å². The van der Waals surface area contributed by atoms with E-state index >= 15 is 0 Å². The lowest BCUT2D eigenvalue weighted by Gasteiger charge is -2.14. The molecule has 3 heterocycles. The maximum absolute atomic E-state index is 13.0. The first kappa shape index (κ1) is 18.4. The Balaban J connectivity index is 2.29. The number of H-pyrrole nitrogens is 1. The third-order valence-electron chi connectivity index (χ3n) is 4.40. The van der Waals surface area contributed by atoms with Crippen LogP contribution in [0.4, 0.5) is 0 Å². The molecule has 3 rings (SSSR count). The standard InChI is InChI=1S/C17H22N4O4S/c1-10(2)21-15(23)14-11(3)12(9-20-13(22)5-6-18-20)26-16(14)19(17(21)24)7-8-25-4/h5-6,10,18H,7-9H2,1-4H3. The van der Waals surface area contributed by atoms with Gasteiger partial charge in [0.25, 0.3) is 11.1 Å². The molecular formula is C17H22N4O4S. The molecule has 0 bridgehead atoms. The second-order valence-corrected chi connectivity index (χ2v) is 7.50. The van der Waals surface area contributed by atoms with Gasteiger partial charge in [0.2, 0.25) is 0 Å². The van der Waals surface area contributed by atoms with Crippen LogP contribution in [0.3, 0.4) is 0 Å². The fourth-order valence-corrected chi connectivity index (χ4v) is 4.32. The molecule has 9 heteroatoms. The summed E-state index contributed by atoms with van der Waals surface area (Å²) in [6, 6.07) is 1.20. The number of rotatable bonds is 6. The van der Waals surface area contributed by atoms with Crippen LogP contribution in [0.2, 0.25) is 0 Å². The SMILES string of the molecule is COCCn1c(=O)n(C(C)C)c(=O)c2c(C)c(Cn3[nH]ccc3=O)sc21. The van der Waals surface area contributed by atoms with Gasteiger partial charge in [-0.15, -0.1) is 11.3 Å². The summed E-state index contributed by atoms with van der Waals surface area (Å²) in [5, 5.41) is 3.41. The molecule has 3 aromatic rings. The number of methoxy groups -OCH3 is 1.